The Balaban J connectivity index is 2.66. The molecule has 2 nitrogen and oxygen atoms in total. The van der Waals surface area contributed by atoms with Gasteiger partial charge in [0.1, 0.15) is 17.7 Å². The third-order valence-electron chi connectivity index (χ3n) is 1.72. The molecule has 1 aromatic carbocycles. The Morgan fingerprint density at radius 2 is 2.21 bits per heavy atom. The molecule has 0 heterocycles. The van der Waals surface area contributed by atoms with E-state index in [1.54, 1.807) is 0 Å². The number of benzene rings is 1. The predicted molar refractivity (Wildman–Crippen MR) is 63.2 cm³/mol. The molecule has 0 saturated carbocycles. The van der Waals surface area contributed by atoms with Crippen LogP contribution in [-0.4, -0.2) is 12.6 Å². The van der Waals surface area contributed by atoms with Crippen molar-refractivity contribution < 1.29 is 9.13 Å². The molecule has 0 saturated heterocycles. The van der Waals surface area contributed by atoms with E-state index in [4.69, 9.17) is 4.74 Å². The maximum atomic E-state index is 13.0. The zero-order valence-corrected chi connectivity index (χ0v) is 10.3. The Morgan fingerprint density at radius 1 is 1.50 bits per heavy atom. The van der Waals surface area contributed by atoms with Gasteiger partial charge in [-0.05, 0) is 31.5 Å². The van der Waals surface area contributed by atoms with Crippen LogP contribution in [-0.2, 0) is 0 Å². The van der Waals surface area contributed by atoms with Gasteiger partial charge in [-0.3, -0.25) is 3.53 Å². The van der Waals surface area contributed by atoms with Gasteiger partial charge >= 0.3 is 0 Å². The molecular weight excluding hydrogens is 296 g/mol. The topological polar surface area (TPSA) is 21.3 Å². The first-order valence-corrected chi connectivity index (χ1v) is 5.47. The Hall–Kier alpha value is -0.360. The van der Waals surface area contributed by atoms with E-state index >= 15 is 0 Å². The summed E-state index contributed by atoms with van der Waals surface area (Å²) in [6.45, 7) is 4.51. The first-order chi connectivity index (χ1) is 6.61. The number of hydrogen-bond donors (Lipinski definition) is 1. The predicted octanol–water partition coefficient (Wildman–Crippen LogP) is 2.84. The van der Waals surface area contributed by atoms with Crippen LogP contribution in [0.1, 0.15) is 12.5 Å². The molecule has 0 aliphatic heterocycles. The summed E-state index contributed by atoms with van der Waals surface area (Å²) >= 11 is 2.05. The zero-order valence-electron chi connectivity index (χ0n) is 8.18. The fourth-order valence-corrected chi connectivity index (χ4v) is 1.77. The molecule has 0 aliphatic carbocycles. The highest BCUT2D eigenvalue weighted by atomic mass is 127. The number of halogens is 2. The molecule has 1 N–H and O–H groups in total. The summed E-state index contributed by atoms with van der Waals surface area (Å²) in [6.07, 6.45) is 0.0353. The minimum atomic E-state index is -0.255. The highest BCUT2D eigenvalue weighted by Gasteiger charge is 2.04. The van der Waals surface area contributed by atoms with Crippen LogP contribution in [0.3, 0.4) is 0 Å². The monoisotopic (exact) mass is 309 g/mol. The first kappa shape index (κ1) is 11.7. The highest BCUT2D eigenvalue weighted by Crippen LogP contribution is 2.16. The molecule has 1 atom stereocenters. The molecule has 14 heavy (non-hydrogen) atoms. The summed E-state index contributed by atoms with van der Waals surface area (Å²) in [5, 5.41) is 0. The van der Waals surface area contributed by atoms with Gasteiger partial charge in [0.05, 0.1) is 0 Å². The third-order valence-corrected chi connectivity index (χ3v) is 2.16. The Kier molecular flexibility index (Phi) is 4.60. The molecule has 78 valence electrons. The maximum absolute atomic E-state index is 13.0. The van der Waals surface area contributed by atoms with E-state index in [2.05, 4.69) is 26.4 Å². The highest BCUT2D eigenvalue weighted by molar-refractivity contribution is 14.1. The molecule has 0 amide bonds. The van der Waals surface area contributed by atoms with E-state index in [-0.39, 0.29) is 11.9 Å². The van der Waals surface area contributed by atoms with E-state index in [1.165, 1.54) is 12.1 Å². The van der Waals surface area contributed by atoms with Gasteiger partial charge in [0.2, 0.25) is 0 Å². The number of rotatable bonds is 4. The third kappa shape index (κ3) is 3.79. The molecule has 0 radical (unpaired) electrons. The average molecular weight is 309 g/mol. The molecular formula is C10H13FINO. The lowest BCUT2D eigenvalue weighted by molar-refractivity contribution is 0.226. The normalized spacial score (nSPS) is 12.6. The Morgan fingerprint density at radius 3 is 2.79 bits per heavy atom. The lowest BCUT2D eigenvalue weighted by Gasteiger charge is -2.13. The van der Waals surface area contributed by atoms with Crippen LogP contribution in [0.5, 0.6) is 5.75 Å². The van der Waals surface area contributed by atoms with Crippen molar-refractivity contribution in [3.63, 3.8) is 0 Å². The summed E-state index contributed by atoms with van der Waals surface area (Å²) < 4.78 is 21.4. The quantitative estimate of drug-likeness (QED) is 0.682. The second-order valence-corrected chi connectivity index (χ2v) is 3.99. The van der Waals surface area contributed by atoms with Crippen molar-refractivity contribution in [2.75, 3.05) is 6.54 Å². The van der Waals surface area contributed by atoms with E-state index in [0.717, 1.165) is 12.1 Å². The van der Waals surface area contributed by atoms with Gasteiger partial charge in [0, 0.05) is 35.5 Å². The van der Waals surface area contributed by atoms with Crippen molar-refractivity contribution in [3.05, 3.63) is 29.6 Å². The second-order valence-electron chi connectivity index (χ2n) is 3.23. The number of hydrogen-bond acceptors (Lipinski definition) is 2. The molecule has 0 bridgehead atoms. The van der Waals surface area contributed by atoms with Crippen LogP contribution in [0, 0.1) is 12.7 Å². The lowest BCUT2D eigenvalue weighted by atomic mass is 10.2. The number of aryl methyl sites for hydroxylation is 1. The Bertz CT molecular complexity index is 286. The van der Waals surface area contributed by atoms with Crippen LogP contribution in [0.4, 0.5) is 4.39 Å². The molecule has 0 aliphatic rings. The van der Waals surface area contributed by atoms with E-state index in [0.29, 0.717) is 5.75 Å². The van der Waals surface area contributed by atoms with Crippen LogP contribution < -0.4 is 8.27 Å². The average Bonchev–Trinajstić information content (AvgIpc) is 2.01. The van der Waals surface area contributed by atoms with Crippen LogP contribution in [0.25, 0.3) is 0 Å². The van der Waals surface area contributed by atoms with Gasteiger partial charge in [-0.25, -0.2) is 4.39 Å². The van der Waals surface area contributed by atoms with Crippen molar-refractivity contribution in [2.45, 2.75) is 20.0 Å². The fraction of sp³-hybridized carbons (Fsp3) is 0.400. The number of nitrogens with one attached hydrogen (secondary N) is 1. The molecule has 1 aromatic rings. The molecule has 1 rings (SSSR count). The minimum Gasteiger partial charge on any atom is -0.489 e. The second kappa shape index (κ2) is 5.50. The van der Waals surface area contributed by atoms with Crippen molar-refractivity contribution in [2.24, 2.45) is 0 Å². The van der Waals surface area contributed by atoms with Gasteiger partial charge in [0.25, 0.3) is 0 Å². The molecule has 0 spiro atoms. The van der Waals surface area contributed by atoms with Crippen LogP contribution >= 0.6 is 22.9 Å². The minimum absolute atomic E-state index is 0.0353. The van der Waals surface area contributed by atoms with Gasteiger partial charge in [-0.15, -0.1) is 0 Å². The summed E-state index contributed by atoms with van der Waals surface area (Å²) in [4.78, 5) is 0. The van der Waals surface area contributed by atoms with Crippen molar-refractivity contribution in [1.82, 2.24) is 3.53 Å². The molecule has 0 fully saturated rings. The summed E-state index contributed by atoms with van der Waals surface area (Å²) in [5.41, 5.74) is 0.870. The van der Waals surface area contributed by atoms with Crippen molar-refractivity contribution in [3.8, 4) is 5.75 Å². The zero-order chi connectivity index (χ0) is 10.6. The number of ether oxygens (including phenoxy) is 1. The molecule has 4 heteroatoms. The van der Waals surface area contributed by atoms with Crippen LogP contribution in [0.2, 0.25) is 0 Å². The van der Waals surface area contributed by atoms with Crippen LogP contribution in [0.15, 0.2) is 18.2 Å². The first-order valence-electron chi connectivity index (χ1n) is 4.39. The largest absolute Gasteiger partial charge is 0.489 e. The van der Waals surface area contributed by atoms with E-state index < -0.39 is 0 Å². The maximum Gasteiger partial charge on any atom is 0.127 e. The molecule has 0 aromatic heterocycles. The summed E-state index contributed by atoms with van der Waals surface area (Å²) in [7, 11) is 0. The summed E-state index contributed by atoms with van der Waals surface area (Å²) in [6, 6.07) is 4.71. The summed E-state index contributed by atoms with van der Waals surface area (Å²) in [5.74, 6) is 0.330. The van der Waals surface area contributed by atoms with Crippen molar-refractivity contribution >= 4 is 22.9 Å². The van der Waals surface area contributed by atoms with Gasteiger partial charge < -0.3 is 4.74 Å². The SMILES string of the molecule is Cc1cc(F)cc(O[C@@H](C)CNI)c1. The van der Waals surface area contributed by atoms with E-state index in [9.17, 15) is 4.39 Å². The van der Waals surface area contributed by atoms with E-state index in [1.807, 2.05) is 19.9 Å². The lowest BCUT2D eigenvalue weighted by Crippen LogP contribution is -2.23. The van der Waals surface area contributed by atoms with Gasteiger partial charge in [-0.1, -0.05) is 0 Å². The standard InChI is InChI=1S/C10H13FINO/c1-7-3-9(11)5-10(4-7)14-8(2)6-13-12/h3-5,8,13H,6H2,1-2H3/t8-/m0/s1. The fourth-order valence-electron chi connectivity index (χ4n) is 1.15. The van der Waals surface area contributed by atoms with Crippen molar-refractivity contribution in [1.29, 1.82) is 0 Å². The Labute approximate surface area is 97.3 Å². The van der Waals surface area contributed by atoms with Gasteiger partial charge in [-0.2, -0.15) is 0 Å². The molecule has 0 unspecified atom stereocenters. The van der Waals surface area contributed by atoms with Gasteiger partial charge in [0.15, 0.2) is 0 Å². The smallest absolute Gasteiger partial charge is 0.127 e.